The number of aromatic hydroxyl groups is 1. The zero-order valence-electron chi connectivity index (χ0n) is 12.8. The Kier molecular flexibility index (Phi) is 4.78. The quantitative estimate of drug-likeness (QED) is 0.520. The lowest BCUT2D eigenvalue weighted by Crippen LogP contribution is -2.14. The van der Waals surface area contributed by atoms with Gasteiger partial charge in [-0.2, -0.15) is 8.42 Å². The number of nitrogens with zero attached hydrogens (tertiary/aromatic N) is 2. The minimum Gasteiger partial charge on any atom is -0.506 e. The van der Waals surface area contributed by atoms with Gasteiger partial charge in [0.2, 0.25) is 0 Å². The Bertz CT molecular complexity index is 671. The number of aldehydes is 1. The third kappa shape index (κ3) is 4.04. The molecule has 0 saturated carbocycles. The molecule has 21 heavy (non-hydrogen) atoms. The van der Waals surface area contributed by atoms with E-state index in [1.165, 1.54) is 17.0 Å². The maximum Gasteiger partial charge on any atom is 0.287 e. The summed E-state index contributed by atoms with van der Waals surface area (Å²) in [5.74, 6) is -0.575. The fourth-order valence-electron chi connectivity index (χ4n) is 1.56. The standard InChI is InChI=1S/C14H20N2O4S/c1-14(2,3)11-6-10(8-17)13(18)12(7-11)21(19,20)15-9-16(4)5/h6-9,18H,1-5H3. The van der Waals surface area contributed by atoms with Crippen molar-refractivity contribution in [1.82, 2.24) is 4.90 Å². The lowest BCUT2D eigenvalue weighted by molar-refractivity contribution is 0.112. The minimum absolute atomic E-state index is 0.0685. The van der Waals surface area contributed by atoms with Gasteiger partial charge in [-0.1, -0.05) is 20.8 Å². The van der Waals surface area contributed by atoms with Crippen LogP contribution in [0.1, 0.15) is 36.7 Å². The second-order valence-electron chi connectivity index (χ2n) is 5.94. The van der Waals surface area contributed by atoms with Crippen LogP contribution in [0.25, 0.3) is 0 Å². The molecule has 0 aliphatic carbocycles. The molecule has 7 heteroatoms. The highest BCUT2D eigenvalue weighted by Crippen LogP contribution is 2.33. The van der Waals surface area contributed by atoms with Gasteiger partial charge in [0.05, 0.1) is 5.56 Å². The molecule has 0 aromatic heterocycles. The van der Waals surface area contributed by atoms with Gasteiger partial charge in [0.15, 0.2) is 6.29 Å². The van der Waals surface area contributed by atoms with Gasteiger partial charge in [-0.15, -0.1) is 4.40 Å². The Hall–Kier alpha value is -1.89. The SMILES string of the molecule is CN(C)C=NS(=O)(=O)c1cc(C(C)(C)C)cc(C=O)c1O. The highest BCUT2D eigenvalue weighted by Gasteiger charge is 2.25. The Labute approximate surface area is 125 Å². The van der Waals surface area contributed by atoms with Crippen LogP contribution in [0.2, 0.25) is 0 Å². The molecule has 1 rings (SSSR count). The summed E-state index contributed by atoms with van der Waals surface area (Å²) in [6, 6.07) is 2.84. The Morgan fingerprint density at radius 3 is 2.24 bits per heavy atom. The molecule has 0 atom stereocenters. The number of phenolic OH excluding ortho intramolecular Hbond substituents is 1. The first-order valence-corrected chi connectivity index (χ1v) is 7.72. The van der Waals surface area contributed by atoms with E-state index < -0.39 is 15.8 Å². The monoisotopic (exact) mass is 312 g/mol. The van der Waals surface area contributed by atoms with Gasteiger partial charge in [-0.25, -0.2) is 0 Å². The molecule has 0 aliphatic heterocycles. The van der Waals surface area contributed by atoms with Gasteiger partial charge in [-0.3, -0.25) is 4.79 Å². The minimum atomic E-state index is -4.08. The average molecular weight is 312 g/mol. The van der Waals surface area contributed by atoms with E-state index in [2.05, 4.69) is 4.40 Å². The van der Waals surface area contributed by atoms with Crippen LogP contribution in [0.3, 0.4) is 0 Å². The highest BCUT2D eigenvalue weighted by molar-refractivity contribution is 7.90. The summed E-state index contributed by atoms with van der Waals surface area (Å²) >= 11 is 0. The number of carbonyl (C=O) groups is 1. The van der Waals surface area contributed by atoms with Crippen molar-refractivity contribution in [2.24, 2.45) is 4.40 Å². The topological polar surface area (TPSA) is 87.0 Å². The van der Waals surface area contributed by atoms with Gasteiger partial charge < -0.3 is 10.0 Å². The normalized spacial score (nSPS) is 12.6. The molecule has 0 unspecified atom stereocenters. The van der Waals surface area contributed by atoms with Crippen molar-refractivity contribution in [1.29, 1.82) is 0 Å². The number of benzene rings is 1. The molecular weight excluding hydrogens is 292 g/mol. The maximum absolute atomic E-state index is 12.2. The molecule has 6 nitrogen and oxygen atoms in total. The van der Waals surface area contributed by atoms with E-state index in [4.69, 9.17) is 0 Å². The number of carbonyl (C=O) groups excluding carboxylic acids is 1. The molecule has 0 aliphatic rings. The van der Waals surface area contributed by atoms with Crippen molar-refractivity contribution in [3.63, 3.8) is 0 Å². The first kappa shape index (κ1) is 17.2. The number of sulfonamides is 1. The van der Waals surface area contributed by atoms with Gasteiger partial charge >= 0.3 is 0 Å². The van der Waals surface area contributed by atoms with E-state index in [0.29, 0.717) is 11.8 Å². The molecule has 0 fully saturated rings. The summed E-state index contributed by atoms with van der Waals surface area (Å²) < 4.78 is 27.9. The largest absolute Gasteiger partial charge is 0.506 e. The molecule has 1 N–H and O–H groups in total. The summed E-state index contributed by atoms with van der Waals surface area (Å²) in [5, 5.41) is 9.98. The molecule has 0 bridgehead atoms. The summed E-state index contributed by atoms with van der Waals surface area (Å²) in [7, 11) is -0.830. The lowest BCUT2D eigenvalue weighted by atomic mass is 9.86. The van der Waals surface area contributed by atoms with Gasteiger partial charge in [-0.05, 0) is 23.1 Å². The summed E-state index contributed by atoms with van der Waals surface area (Å²) in [6.07, 6.45) is 1.55. The van der Waals surface area contributed by atoms with Crippen LogP contribution in [0.5, 0.6) is 5.75 Å². The Balaban J connectivity index is 3.59. The van der Waals surface area contributed by atoms with E-state index in [1.54, 1.807) is 14.1 Å². The van der Waals surface area contributed by atoms with Crippen LogP contribution in [0.4, 0.5) is 0 Å². The smallest absolute Gasteiger partial charge is 0.287 e. The van der Waals surface area contributed by atoms with Gasteiger partial charge in [0.1, 0.15) is 17.0 Å². The number of hydrogen-bond donors (Lipinski definition) is 1. The Morgan fingerprint density at radius 2 is 1.81 bits per heavy atom. The van der Waals surface area contributed by atoms with E-state index in [9.17, 15) is 18.3 Å². The molecule has 0 saturated heterocycles. The first-order valence-electron chi connectivity index (χ1n) is 6.28. The highest BCUT2D eigenvalue weighted by atomic mass is 32.2. The molecule has 1 aromatic rings. The van der Waals surface area contributed by atoms with Crippen molar-refractivity contribution in [2.75, 3.05) is 14.1 Å². The van der Waals surface area contributed by atoms with Crippen molar-refractivity contribution < 1.29 is 18.3 Å². The van der Waals surface area contributed by atoms with E-state index >= 15 is 0 Å². The first-order chi connectivity index (χ1) is 9.49. The predicted octanol–water partition coefficient (Wildman–Crippen LogP) is 1.78. The summed E-state index contributed by atoms with van der Waals surface area (Å²) in [5.41, 5.74) is 0.183. The van der Waals surface area contributed by atoms with Crippen molar-refractivity contribution in [3.05, 3.63) is 23.3 Å². The van der Waals surface area contributed by atoms with Gasteiger partial charge in [0, 0.05) is 14.1 Å². The van der Waals surface area contributed by atoms with E-state index in [-0.39, 0.29) is 15.9 Å². The molecule has 0 radical (unpaired) electrons. The second-order valence-corrected chi connectivity index (χ2v) is 7.54. The summed E-state index contributed by atoms with van der Waals surface area (Å²) in [6.45, 7) is 5.65. The average Bonchev–Trinajstić information content (AvgIpc) is 2.35. The number of rotatable bonds is 4. The van der Waals surface area contributed by atoms with Crippen LogP contribution in [0.15, 0.2) is 21.4 Å². The predicted molar refractivity (Wildman–Crippen MR) is 81.6 cm³/mol. The van der Waals surface area contributed by atoms with E-state index in [0.717, 1.165) is 6.34 Å². The lowest BCUT2D eigenvalue weighted by Gasteiger charge is -2.20. The summed E-state index contributed by atoms with van der Waals surface area (Å²) in [4.78, 5) is 12.1. The molecular formula is C14H20N2O4S. The molecule has 0 heterocycles. The maximum atomic E-state index is 12.2. The number of phenols is 1. The molecule has 116 valence electrons. The zero-order chi connectivity index (χ0) is 16.4. The van der Waals surface area contributed by atoms with Crippen molar-refractivity contribution >= 4 is 22.6 Å². The van der Waals surface area contributed by atoms with Crippen molar-refractivity contribution in [3.8, 4) is 5.75 Å². The third-order valence-electron chi connectivity index (χ3n) is 2.79. The number of hydrogen-bond acceptors (Lipinski definition) is 4. The second kappa shape index (κ2) is 5.85. The Morgan fingerprint density at radius 1 is 1.24 bits per heavy atom. The van der Waals surface area contributed by atoms with Crippen LogP contribution < -0.4 is 0 Å². The fourth-order valence-corrected chi connectivity index (χ4v) is 2.63. The van der Waals surface area contributed by atoms with Crippen LogP contribution in [-0.2, 0) is 15.4 Å². The van der Waals surface area contributed by atoms with Crippen LogP contribution >= 0.6 is 0 Å². The van der Waals surface area contributed by atoms with Crippen LogP contribution in [0, 0.1) is 0 Å². The molecule has 0 amide bonds. The van der Waals surface area contributed by atoms with E-state index in [1.807, 2.05) is 20.8 Å². The zero-order valence-corrected chi connectivity index (χ0v) is 13.6. The molecule has 1 aromatic carbocycles. The molecule has 0 spiro atoms. The fraction of sp³-hybridized carbons (Fsp3) is 0.429. The van der Waals surface area contributed by atoms with Gasteiger partial charge in [0.25, 0.3) is 10.0 Å². The third-order valence-corrected chi connectivity index (χ3v) is 4.03. The van der Waals surface area contributed by atoms with Crippen molar-refractivity contribution in [2.45, 2.75) is 31.1 Å². The van der Waals surface area contributed by atoms with Crippen LogP contribution in [-0.4, -0.2) is 45.1 Å².